The lowest BCUT2D eigenvalue weighted by molar-refractivity contribution is -0.144. The Balaban J connectivity index is 1.46. The first-order valence-corrected chi connectivity index (χ1v) is 8.50. The molecule has 0 aliphatic heterocycles. The lowest BCUT2D eigenvalue weighted by Gasteiger charge is -2.17. The van der Waals surface area contributed by atoms with Crippen LogP contribution in [0.3, 0.4) is 0 Å². The highest BCUT2D eigenvalue weighted by molar-refractivity contribution is 5.69. The van der Waals surface area contributed by atoms with E-state index in [-0.39, 0.29) is 5.97 Å². The topological polar surface area (TPSA) is 46.5 Å². The molecule has 3 heteroatoms. The number of hydrogen-bond donors (Lipinski definition) is 1. The van der Waals surface area contributed by atoms with Crippen LogP contribution in [0.25, 0.3) is 0 Å². The fourth-order valence-electron chi connectivity index (χ4n) is 3.65. The number of hydrogen-bond acceptors (Lipinski definition) is 3. The zero-order chi connectivity index (χ0) is 15.3. The van der Waals surface area contributed by atoms with Gasteiger partial charge in [-0.25, -0.2) is 0 Å². The van der Waals surface area contributed by atoms with E-state index in [1.807, 2.05) is 13.8 Å². The van der Waals surface area contributed by atoms with Crippen LogP contribution >= 0.6 is 0 Å². The van der Waals surface area contributed by atoms with Gasteiger partial charge in [0, 0.05) is 6.42 Å². The van der Waals surface area contributed by atoms with Gasteiger partial charge in [0.15, 0.2) is 0 Å². The van der Waals surface area contributed by atoms with E-state index in [9.17, 15) is 9.90 Å². The molecule has 0 aromatic rings. The van der Waals surface area contributed by atoms with Gasteiger partial charge in [0.2, 0.25) is 0 Å². The van der Waals surface area contributed by atoms with Crippen LogP contribution < -0.4 is 0 Å². The molecule has 1 fully saturated rings. The van der Waals surface area contributed by atoms with Crippen LogP contribution in [0.15, 0.2) is 12.2 Å². The van der Waals surface area contributed by atoms with E-state index in [2.05, 4.69) is 12.2 Å². The molecule has 2 bridgehead atoms. The predicted molar refractivity (Wildman–Crippen MR) is 83.8 cm³/mol. The van der Waals surface area contributed by atoms with Crippen molar-refractivity contribution < 1.29 is 14.6 Å². The third kappa shape index (κ3) is 5.82. The Morgan fingerprint density at radius 1 is 1.24 bits per heavy atom. The Hall–Kier alpha value is -0.830. The van der Waals surface area contributed by atoms with Gasteiger partial charge in [0.05, 0.1) is 12.2 Å². The summed E-state index contributed by atoms with van der Waals surface area (Å²) in [6, 6.07) is 0. The van der Waals surface area contributed by atoms with Crippen molar-refractivity contribution in [1.82, 2.24) is 0 Å². The number of ether oxygens (including phenoxy) is 1. The zero-order valence-corrected chi connectivity index (χ0v) is 13.5. The maximum atomic E-state index is 11.7. The van der Waals surface area contributed by atoms with Gasteiger partial charge in [-0.1, -0.05) is 12.2 Å². The van der Waals surface area contributed by atoms with Gasteiger partial charge in [0.25, 0.3) is 0 Å². The lowest BCUT2D eigenvalue weighted by Crippen LogP contribution is -2.18. The fraction of sp³-hybridized carbons (Fsp3) is 0.833. The second-order valence-electron chi connectivity index (χ2n) is 7.42. The molecule has 0 aromatic carbocycles. The van der Waals surface area contributed by atoms with E-state index in [4.69, 9.17) is 4.74 Å². The van der Waals surface area contributed by atoms with Gasteiger partial charge in [-0.15, -0.1) is 0 Å². The minimum absolute atomic E-state index is 0.0584. The van der Waals surface area contributed by atoms with Gasteiger partial charge in [-0.2, -0.15) is 0 Å². The standard InChI is InChI=1S/C18H30O3/c1-18(2,20)10-3-4-11-21-17(19)7-5-6-15-12-14-8-9-16(15)13-14/h8-9,14-16,20H,3-7,10-13H2,1-2H3. The molecule has 0 heterocycles. The largest absolute Gasteiger partial charge is 0.466 e. The maximum Gasteiger partial charge on any atom is 0.305 e. The molecule has 0 saturated heterocycles. The highest BCUT2D eigenvalue weighted by Gasteiger charge is 2.34. The Labute approximate surface area is 128 Å². The van der Waals surface area contributed by atoms with Gasteiger partial charge in [-0.05, 0) is 76.5 Å². The SMILES string of the molecule is CC(C)(O)CCCCOC(=O)CCCC1CC2C=CC1C2. The van der Waals surface area contributed by atoms with Gasteiger partial charge in [-0.3, -0.25) is 4.79 Å². The van der Waals surface area contributed by atoms with Crippen molar-refractivity contribution in [2.45, 2.75) is 70.8 Å². The molecule has 1 N–H and O–H groups in total. The smallest absolute Gasteiger partial charge is 0.305 e. The molecule has 2 aliphatic carbocycles. The predicted octanol–water partition coefficient (Wildman–Crippen LogP) is 3.85. The summed E-state index contributed by atoms with van der Waals surface area (Å²) < 4.78 is 5.25. The summed E-state index contributed by atoms with van der Waals surface area (Å²) in [7, 11) is 0. The maximum absolute atomic E-state index is 11.7. The molecule has 3 unspecified atom stereocenters. The van der Waals surface area contributed by atoms with Crippen LogP contribution in [0.5, 0.6) is 0 Å². The molecule has 0 radical (unpaired) electrons. The molecular weight excluding hydrogens is 264 g/mol. The van der Waals surface area contributed by atoms with Crippen molar-refractivity contribution in [1.29, 1.82) is 0 Å². The minimum atomic E-state index is -0.612. The first-order chi connectivity index (χ1) is 9.94. The monoisotopic (exact) mass is 294 g/mol. The van der Waals surface area contributed by atoms with Crippen LogP contribution in [-0.2, 0) is 9.53 Å². The van der Waals surface area contributed by atoms with Crippen LogP contribution in [0, 0.1) is 17.8 Å². The molecular formula is C18H30O3. The molecule has 0 aromatic heterocycles. The lowest BCUT2D eigenvalue weighted by atomic mass is 9.89. The first-order valence-electron chi connectivity index (χ1n) is 8.50. The van der Waals surface area contributed by atoms with E-state index in [1.165, 1.54) is 19.3 Å². The van der Waals surface area contributed by atoms with Crippen LogP contribution in [0.1, 0.15) is 65.2 Å². The number of carbonyl (C=O) groups is 1. The average molecular weight is 294 g/mol. The molecule has 0 spiro atoms. The second-order valence-corrected chi connectivity index (χ2v) is 7.42. The first kappa shape index (κ1) is 16.5. The van der Waals surface area contributed by atoms with Gasteiger partial charge < -0.3 is 9.84 Å². The third-order valence-electron chi connectivity index (χ3n) is 4.82. The number of unbranched alkanes of at least 4 members (excludes halogenated alkanes) is 1. The van der Waals surface area contributed by atoms with E-state index in [0.29, 0.717) is 13.0 Å². The highest BCUT2D eigenvalue weighted by Crippen LogP contribution is 2.45. The second kappa shape index (κ2) is 7.44. The van der Waals surface area contributed by atoms with Crippen molar-refractivity contribution in [2.75, 3.05) is 6.61 Å². The molecule has 3 nitrogen and oxygen atoms in total. The van der Waals surface area contributed by atoms with Crippen molar-refractivity contribution >= 4 is 5.97 Å². The molecule has 2 aliphatic rings. The molecule has 2 rings (SSSR count). The number of carbonyl (C=O) groups excluding carboxylic acids is 1. The summed E-state index contributed by atoms with van der Waals surface area (Å²) in [5.74, 6) is 2.35. The van der Waals surface area contributed by atoms with Crippen LogP contribution in [0.4, 0.5) is 0 Å². The molecule has 1 saturated carbocycles. The number of rotatable bonds is 9. The highest BCUT2D eigenvalue weighted by atomic mass is 16.5. The Bertz CT molecular complexity index is 367. The van der Waals surface area contributed by atoms with Gasteiger partial charge in [0.1, 0.15) is 0 Å². The Kier molecular flexibility index (Phi) is 5.86. The zero-order valence-electron chi connectivity index (χ0n) is 13.5. The van der Waals surface area contributed by atoms with Crippen LogP contribution in [0.2, 0.25) is 0 Å². The summed E-state index contributed by atoms with van der Waals surface area (Å²) in [5.41, 5.74) is -0.612. The third-order valence-corrected chi connectivity index (χ3v) is 4.82. The van der Waals surface area contributed by atoms with E-state index < -0.39 is 5.60 Å². The van der Waals surface area contributed by atoms with E-state index in [0.717, 1.165) is 43.4 Å². The number of esters is 1. The summed E-state index contributed by atoms with van der Waals surface area (Å²) in [4.78, 5) is 11.7. The Morgan fingerprint density at radius 3 is 2.67 bits per heavy atom. The normalized spacial score (nSPS) is 27.3. The molecule has 120 valence electrons. The average Bonchev–Trinajstić information content (AvgIpc) is 2.99. The quantitative estimate of drug-likeness (QED) is 0.399. The van der Waals surface area contributed by atoms with E-state index in [1.54, 1.807) is 0 Å². The van der Waals surface area contributed by atoms with Crippen molar-refractivity contribution in [2.24, 2.45) is 17.8 Å². The van der Waals surface area contributed by atoms with Crippen LogP contribution in [-0.4, -0.2) is 23.3 Å². The van der Waals surface area contributed by atoms with Gasteiger partial charge >= 0.3 is 5.97 Å². The fourth-order valence-corrected chi connectivity index (χ4v) is 3.65. The number of aliphatic hydroxyl groups is 1. The molecule has 3 atom stereocenters. The van der Waals surface area contributed by atoms with Crippen molar-refractivity contribution in [3.05, 3.63) is 12.2 Å². The molecule has 0 amide bonds. The summed E-state index contributed by atoms with van der Waals surface area (Å²) in [5, 5.41) is 9.58. The summed E-state index contributed by atoms with van der Waals surface area (Å²) in [6.07, 6.45) is 12.6. The minimum Gasteiger partial charge on any atom is -0.466 e. The number of fused-ring (bicyclic) bond motifs is 2. The van der Waals surface area contributed by atoms with Crippen molar-refractivity contribution in [3.63, 3.8) is 0 Å². The van der Waals surface area contributed by atoms with Crippen molar-refractivity contribution in [3.8, 4) is 0 Å². The summed E-state index contributed by atoms with van der Waals surface area (Å²) >= 11 is 0. The molecule has 21 heavy (non-hydrogen) atoms. The Morgan fingerprint density at radius 2 is 2.05 bits per heavy atom. The number of allylic oxidation sites excluding steroid dienone is 2. The van der Waals surface area contributed by atoms with E-state index >= 15 is 0 Å². The summed E-state index contributed by atoms with van der Waals surface area (Å²) in [6.45, 7) is 4.11.